The molecule has 1 aromatic carbocycles. The molecule has 0 unspecified atom stereocenters. The normalized spacial score (nSPS) is 10.6. The minimum Gasteiger partial charge on any atom is -0.493 e. The van der Waals surface area contributed by atoms with Gasteiger partial charge in [-0.05, 0) is 19.5 Å². The first-order valence-electron chi connectivity index (χ1n) is 6.53. The summed E-state index contributed by atoms with van der Waals surface area (Å²) in [6, 6.07) is 5.80. The van der Waals surface area contributed by atoms with E-state index in [4.69, 9.17) is 14.0 Å². The third kappa shape index (κ3) is 3.48. The van der Waals surface area contributed by atoms with E-state index in [1.807, 2.05) is 18.2 Å². The Labute approximate surface area is 118 Å². The van der Waals surface area contributed by atoms with E-state index in [1.165, 1.54) is 0 Å². The number of hydrogen-bond donors (Lipinski definition) is 1. The summed E-state index contributed by atoms with van der Waals surface area (Å²) in [4.78, 5) is 4.11. The maximum Gasteiger partial charge on any atom is 0.264 e. The molecule has 0 aliphatic heterocycles. The standard InChI is InChI=1S/C14H19N3O3/c1-4-15-8-11-6-5-7-12(18-3)14(11)19-9-13-16-10(2)17-20-13/h5-7,15H,4,8-9H2,1-3H3. The SMILES string of the molecule is CCNCc1cccc(OC)c1OCc1nc(C)no1. The van der Waals surface area contributed by atoms with Crippen LogP contribution in [0.5, 0.6) is 11.5 Å². The fourth-order valence-electron chi connectivity index (χ4n) is 1.82. The highest BCUT2D eigenvalue weighted by atomic mass is 16.5. The summed E-state index contributed by atoms with van der Waals surface area (Å²) in [5, 5.41) is 7.01. The van der Waals surface area contributed by atoms with Gasteiger partial charge in [0.1, 0.15) is 0 Å². The lowest BCUT2D eigenvalue weighted by molar-refractivity contribution is 0.231. The van der Waals surface area contributed by atoms with E-state index < -0.39 is 0 Å². The number of benzene rings is 1. The minimum atomic E-state index is 0.223. The van der Waals surface area contributed by atoms with E-state index in [-0.39, 0.29) is 6.61 Å². The lowest BCUT2D eigenvalue weighted by Crippen LogP contribution is -2.13. The molecule has 1 N–H and O–H groups in total. The van der Waals surface area contributed by atoms with Crippen molar-refractivity contribution in [3.05, 3.63) is 35.5 Å². The van der Waals surface area contributed by atoms with Gasteiger partial charge in [0.25, 0.3) is 5.89 Å². The minimum absolute atomic E-state index is 0.223. The molecule has 0 fully saturated rings. The Bertz CT molecular complexity index is 554. The first-order chi connectivity index (χ1) is 9.74. The second-order valence-corrected chi connectivity index (χ2v) is 4.25. The van der Waals surface area contributed by atoms with E-state index >= 15 is 0 Å². The average Bonchev–Trinajstić information content (AvgIpc) is 2.88. The van der Waals surface area contributed by atoms with E-state index in [0.29, 0.717) is 29.8 Å². The molecule has 0 spiro atoms. The lowest BCUT2D eigenvalue weighted by atomic mass is 10.2. The average molecular weight is 277 g/mol. The van der Waals surface area contributed by atoms with Crippen molar-refractivity contribution >= 4 is 0 Å². The predicted molar refractivity (Wildman–Crippen MR) is 73.7 cm³/mol. The van der Waals surface area contributed by atoms with E-state index in [0.717, 1.165) is 12.1 Å². The molecule has 108 valence electrons. The maximum absolute atomic E-state index is 5.79. The molecule has 0 bridgehead atoms. The number of nitrogens with one attached hydrogen (secondary N) is 1. The topological polar surface area (TPSA) is 69.4 Å². The molecule has 6 nitrogen and oxygen atoms in total. The third-order valence-electron chi connectivity index (χ3n) is 2.76. The molecule has 2 rings (SSSR count). The van der Waals surface area contributed by atoms with Crippen molar-refractivity contribution in [1.29, 1.82) is 0 Å². The van der Waals surface area contributed by atoms with Crippen LogP contribution in [-0.2, 0) is 13.2 Å². The van der Waals surface area contributed by atoms with Gasteiger partial charge < -0.3 is 19.3 Å². The zero-order valence-electron chi connectivity index (χ0n) is 12.0. The second kappa shape index (κ2) is 6.91. The Balaban J connectivity index is 2.14. The third-order valence-corrected chi connectivity index (χ3v) is 2.76. The zero-order chi connectivity index (χ0) is 14.4. The van der Waals surface area contributed by atoms with Crippen LogP contribution in [0.1, 0.15) is 24.2 Å². The highest BCUT2D eigenvalue weighted by Crippen LogP contribution is 2.31. The lowest BCUT2D eigenvalue weighted by Gasteiger charge is -2.14. The van der Waals surface area contributed by atoms with Crippen LogP contribution < -0.4 is 14.8 Å². The summed E-state index contributed by atoms with van der Waals surface area (Å²) in [6.07, 6.45) is 0. The molecule has 0 saturated carbocycles. The van der Waals surface area contributed by atoms with E-state index in [1.54, 1.807) is 14.0 Å². The molecule has 0 aliphatic rings. The smallest absolute Gasteiger partial charge is 0.264 e. The van der Waals surface area contributed by atoms with E-state index in [2.05, 4.69) is 22.4 Å². The number of hydrogen-bond acceptors (Lipinski definition) is 6. The molecule has 6 heteroatoms. The molecular formula is C14H19N3O3. The Morgan fingerprint density at radius 2 is 2.20 bits per heavy atom. The number of methoxy groups -OCH3 is 1. The molecule has 0 amide bonds. The van der Waals surface area contributed by atoms with Crippen LogP contribution in [0.2, 0.25) is 0 Å². The van der Waals surface area contributed by atoms with Gasteiger partial charge in [0.15, 0.2) is 23.9 Å². The maximum atomic E-state index is 5.79. The number of aryl methyl sites for hydroxylation is 1. The molecule has 0 radical (unpaired) electrons. The van der Waals surface area contributed by atoms with Crippen LogP contribution in [0.15, 0.2) is 22.7 Å². The van der Waals surface area contributed by atoms with Crippen LogP contribution in [0.3, 0.4) is 0 Å². The summed E-state index contributed by atoms with van der Waals surface area (Å²) >= 11 is 0. The molecule has 0 aliphatic carbocycles. The zero-order valence-corrected chi connectivity index (χ0v) is 12.0. The van der Waals surface area contributed by atoms with Crippen LogP contribution in [0.4, 0.5) is 0 Å². The van der Waals surface area contributed by atoms with Crippen molar-refractivity contribution < 1.29 is 14.0 Å². The molecule has 0 saturated heterocycles. The molecule has 0 atom stereocenters. The van der Waals surface area contributed by atoms with Crippen LogP contribution in [-0.4, -0.2) is 23.8 Å². The largest absolute Gasteiger partial charge is 0.493 e. The summed E-state index contributed by atoms with van der Waals surface area (Å²) in [5.74, 6) is 2.43. The summed E-state index contributed by atoms with van der Waals surface area (Å²) in [7, 11) is 1.62. The highest BCUT2D eigenvalue weighted by Gasteiger charge is 2.12. The number of rotatable bonds is 7. The fourth-order valence-corrected chi connectivity index (χ4v) is 1.82. The van der Waals surface area contributed by atoms with Gasteiger partial charge in [-0.2, -0.15) is 4.98 Å². The fraction of sp³-hybridized carbons (Fsp3) is 0.429. The van der Waals surface area contributed by atoms with Crippen molar-refractivity contribution in [3.63, 3.8) is 0 Å². The van der Waals surface area contributed by atoms with Gasteiger partial charge in [-0.1, -0.05) is 24.2 Å². The van der Waals surface area contributed by atoms with Gasteiger partial charge in [0.2, 0.25) is 0 Å². The summed E-state index contributed by atoms with van der Waals surface area (Å²) in [6.45, 7) is 5.65. The van der Waals surface area contributed by atoms with Gasteiger partial charge >= 0.3 is 0 Å². The van der Waals surface area contributed by atoms with Gasteiger partial charge in [0.05, 0.1) is 7.11 Å². The van der Waals surface area contributed by atoms with Crippen molar-refractivity contribution in [2.45, 2.75) is 27.0 Å². The molecule has 1 aromatic heterocycles. The molecule has 1 heterocycles. The van der Waals surface area contributed by atoms with Crippen LogP contribution in [0, 0.1) is 6.92 Å². The van der Waals surface area contributed by atoms with Crippen LogP contribution >= 0.6 is 0 Å². The van der Waals surface area contributed by atoms with Crippen molar-refractivity contribution in [2.75, 3.05) is 13.7 Å². The first kappa shape index (κ1) is 14.3. The van der Waals surface area contributed by atoms with Crippen molar-refractivity contribution in [1.82, 2.24) is 15.5 Å². The van der Waals surface area contributed by atoms with Gasteiger partial charge in [-0.3, -0.25) is 0 Å². The molecular weight excluding hydrogens is 258 g/mol. The Kier molecular flexibility index (Phi) is 4.95. The number of aromatic nitrogens is 2. The quantitative estimate of drug-likeness (QED) is 0.835. The monoisotopic (exact) mass is 277 g/mol. The number of nitrogens with zero attached hydrogens (tertiary/aromatic N) is 2. The Morgan fingerprint density at radius 3 is 2.85 bits per heavy atom. The van der Waals surface area contributed by atoms with Crippen LogP contribution in [0.25, 0.3) is 0 Å². The Hall–Kier alpha value is -2.08. The first-order valence-corrected chi connectivity index (χ1v) is 6.53. The molecule has 2 aromatic rings. The number of para-hydroxylation sites is 1. The van der Waals surface area contributed by atoms with Gasteiger partial charge in [-0.25, -0.2) is 0 Å². The highest BCUT2D eigenvalue weighted by molar-refractivity contribution is 5.46. The summed E-state index contributed by atoms with van der Waals surface area (Å²) < 4.78 is 16.2. The second-order valence-electron chi connectivity index (χ2n) is 4.25. The van der Waals surface area contributed by atoms with E-state index in [9.17, 15) is 0 Å². The van der Waals surface area contributed by atoms with Gasteiger partial charge in [0, 0.05) is 12.1 Å². The summed E-state index contributed by atoms with van der Waals surface area (Å²) in [5.41, 5.74) is 1.03. The Morgan fingerprint density at radius 1 is 1.35 bits per heavy atom. The number of ether oxygens (including phenoxy) is 2. The predicted octanol–water partition coefficient (Wildman–Crippen LogP) is 2.08. The van der Waals surface area contributed by atoms with Gasteiger partial charge in [-0.15, -0.1) is 0 Å². The van der Waals surface area contributed by atoms with Crippen molar-refractivity contribution in [2.24, 2.45) is 0 Å². The molecule has 20 heavy (non-hydrogen) atoms. The van der Waals surface area contributed by atoms with Crippen molar-refractivity contribution in [3.8, 4) is 11.5 Å².